The largest absolute Gasteiger partial charge is 0.397 e. The fourth-order valence-electron chi connectivity index (χ4n) is 2.29. The first-order valence-electron chi connectivity index (χ1n) is 6.62. The number of sulfone groups is 1. The highest BCUT2D eigenvalue weighted by molar-refractivity contribution is 8.01. The highest BCUT2D eigenvalue weighted by Crippen LogP contribution is 2.32. The maximum absolute atomic E-state index is 12.3. The molecular weight excluding hydrogens is 310 g/mol. The number of anilines is 2. The van der Waals surface area contributed by atoms with Crippen molar-refractivity contribution in [1.29, 1.82) is 0 Å². The zero-order valence-corrected chi connectivity index (χ0v) is 13.4. The van der Waals surface area contributed by atoms with Gasteiger partial charge in [0.2, 0.25) is 5.91 Å². The third-order valence-corrected chi connectivity index (χ3v) is 6.81. The molecule has 1 aliphatic heterocycles. The average molecular weight is 329 g/mol. The average Bonchev–Trinajstić information content (AvgIpc) is 2.47. The highest BCUT2D eigenvalue weighted by atomic mass is 32.2. The molecular formula is C13H19N3O3S2. The van der Waals surface area contributed by atoms with E-state index in [4.69, 9.17) is 11.5 Å². The van der Waals surface area contributed by atoms with E-state index in [2.05, 4.69) is 0 Å². The highest BCUT2D eigenvalue weighted by Gasteiger charge is 2.34. The van der Waals surface area contributed by atoms with Crippen LogP contribution in [0.2, 0.25) is 0 Å². The second-order valence-corrected chi connectivity index (χ2v) is 8.41. The third-order valence-electron chi connectivity index (χ3n) is 3.53. The summed E-state index contributed by atoms with van der Waals surface area (Å²) in [5, 5.41) is -0.619. The molecule has 4 N–H and O–H groups in total. The first kappa shape index (κ1) is 16.0. The lowest BCUT2D eigenvalue weighted by molar-refractivity contribution is 0.100. The summed E-state index contributed by atoms with van der Waals surface area (Å²) in [4.78, 5) is 13.1. The number of hydrogen-bond acceptors (Lipinski definition) is 6. The number of hydrogen-bond donors (Lipinski definition) is 2. The second kappa shape index (κ2) is 6.15. The predicted molar refractivity (Wildman–Crippen MR) is 87.3 cm³/mol. The van der Waals surface area contributed by atoms with Crippen molar-refractivity contribution in [3.8, 4) is 0 Å². The zero-order valence-electron chi connectivity index (χ0n) is 11.8. The first-order chi connectivity index (χ1) is 9.86. The van der Waals surface area contributed by atoms with Crippen LogP contribution in [0.4, 0.5) is 11.4 Å². The van der Waals surface area contributed by atoms with Crippen LogP contribution < -0.4 is 16.4 Å². The molecule has 1 aromatic rings. The molecule has 1 saturated heterocycles. The van der Waals surface area contributed by atoms with E-state index in [0.29, 0.717) is 29.2 Å². The van der Waals surface area contributed by atoms with Crippen molar-refractivity contribution < 1.29 is 13.2 Å². The van der Waals surface area contributed by atoms with Crippen LogP contribution in [0.5, 0.6) is 0 Å². The lowest BCUT2D eigenvalue weighted by atomic mass is 10.1. The Morgan fingerprint density at radius 3 is 2.81 bits per heavy atom. The van der Waals surface area contributed by atoms with Gasteiger partial charge in [0.05, 0.1) is 11.4 Å². The van der Waals surface area contributed by atoms with Crippen molar-refractivity contribution in [2.75, 3.05) is 34.4 Å². The van der Waals surface area contributed by atoms with Crippen molar-refractivity contribution in [2.45, 2.75) is 12.3 Å². The van der Waals surface area contributed by atoms with Crippen molar-refractivity contribution in [1.82, 2.24) is 0 Å². The Kier molecular flexibility index (Phi) is 4.67. The number of primary amides is 1. The number of carbonyl (C=O) groups excluding carboxylic acids is 1. The SMILES string of the molecule is CCS(=O)(=O)C1CSCCN1c1cc(C(N)=O)ccc1N. The molecule has 8 heteroatoms. The summed E-state index contributed by atoms with van der Waals surface area (Å²) < 4.78 is 24.6. The fourth-order valence-corrected chi connectivity index (χ4v) is 5.28. The third kappa shape index (κ3) is 3.26. The molecule has 1 amide bonds. The van der Waals surface area contributed by atoms with Crippen LogP contribution in [0.3, 0.4) is 0 Å². The summed E-state index contributed by atoms with van der Waals surface area (Å²) in [5.74, 6) is 0.828. The van der Waals surface area contributed by atoms with E-state index < -0.39 is 21.1 Å². The van der Waals surface area contributed by atoms with Crippen LogP contribution in [0, 0.1) is 0 Å². The number of nitrogen functional groups attached to an aromatic ring is 1. The Balaban J connectivity index is 2.47. The molecule has 0 aliphatic carbocycles. The number of amides is 1. The summed E-state index contributed by atoms with van der Waals surface area (Å²) in [7, 11) is -3.24. The van der Waals surface area contributed by atoms with Gasteiger partial charge < -0.3 is 16.4 Å². The smallest absolute Gasteiger partial charge is 0.248 e. The van der Waals surface area contributed by atoms with Gasteiger partial charge in [-0.25, -0.2) is 8.42 Å². The van der Waals surface area contributed by atoms with E-state index in [1.165, 1.54) is 0 Å². The second-order valence-electron chi connectivity index (χ2n) is 4.81. The number of rotatable bonds is 4. The minimum atomic E-state index is -3.24. The molecule has 0 saturated carbocycles. The van der Waals surface area contributed by atoms with Crippen molar-refractivity contribution in [3.63, 3.8) is 0 Å². The summed E-state index contributed by atoms with van der Waals surface area (Å²) in [6.45, 7) is 2.21. The number of benzene rings is 1. The van der Waals surface area contributed by atoms with Crippen molar-refractivity contribution in [2.24, 2.45) is 5.73 Å². The van der Waals surface area contributed by atoms with E-state index in [1.807, 2.05) is 0 Å². The number of nitrogens with zero attached hydrogens (tertiary/aromatic N) is 1. The summed E-state index contributed by atoms with van der Waals surface area (Å²) in [6, 6.07) is 4.71. The molecule has 6 nitrogen and oxygen atoms in total. The molecule has 0 radical (unpaired) electrons. The number of thioether (sulfide) groups is 1. The van der Waals surface area contributed by atoms with Gasteiger partial charge >= 0.3 is 0 Å². The summed E-state index contributed by atoms with van der Waals surface area (Å²) in [6.07, 6.45) is 0. The monoisotopic (exact) mass is 329 g/mol. The van der Waals surface area contributed by atoms with Crippen LogP contribution in [0.1, 0.15) is 17.3 Å². The van der Waals surface area contributed by atoms with Crippen LogP contribution in [-0.2, 0) is 9.84 Å². The molecule has 1 aliphatic rings. The molecule has 0 aromatic heterocycles. The van der Waals surface area contributed by atoms with Crippen LogP contribution in [0.25, 0.3) is 0 Å². The molecule has 1 fully saturated rings. The quantitative estimate of drug-likeness (QED) is 0.787. The standard InChI is InChI=1S/C13H19N3O3S2/c1-2-21(18,19)12-8-20-6-5-16(12)11-7-9(13(15)17)3-4-10(11)14/h3-4,7,12H,2,5-6,8,14H2,1H3,(H2,15,17). The van der Waals surface area contributed by atoms with Gasteiger partial charge in [-0.05, 0) is 18.2 Å². The van der Waals surface area contributed by atoms with E-state index in [-0.39, 0.29) is 5.75 Å². The summed E-state index contributed by atoms with van der Waals surface area (Å²) >= 11 is 1.61. The fraction of sp³-hybridized carbons (Fsp3) is 0.462. The molecule has 21 heavy (non-hydrogen) atoms. The van der Waals surface area contributed by atoms with Crippen LogP contribution in [-0.4, -0.2) is 43.5 Å². The lowest BCUT2D eigenvalue weighted by Gasteiger charge is -2.37. The zero-order chi connectivity index (χ0) is 15.6. The maximum Gasteiger partial charge on any atom is 0.248 e. The van der Waals surface area contributed by atoms with E-state index >= 15 is 0 Å². The predicted octanol–water partition coefficient (Wildman–Crippen LogP) is 0.682. The first-order valence-corrected chi connectivity index (χ1v) is 9.49. The van der Waals surface area contributed by atoms with Gasteiger partial charge in [-0.15, -0.1) is 0 Å². The van der Waals surface area contributed by atoms with Gasteiger partial charge in [0, 0.05) is 29.4 Å². The Morgan fingerprint density at radius 2 is 2.19 bits per heavy atom. The normalized spacial score (nSPS) is 19.5. The molecule has 1 aromatic carbocycles. The van der Waals surface area contributed by atoms with Crippen molar-refractivity contribution in [3.05, 3.63) is 23.8 Å². The van der Waals surface area contributed by atoms with Gasteiger partial charge in [0.15, 0.2) is 9.84 Å². The Hall–Kier alpha value is -1.41. The molecule has 1 heterocycles. The number of carbonyl (C=O) groups is 1. The molecule has 0 spiro atoms. The number of nitrogens with two attached hydrogens (primary N) is 2. The van der Waals surface area contributed by atoms with Gasteiger partial charge in [0.1, 0.15) is 5.37 Å². The van der Waals surface area contributed by atoms with Crippen molar-refractivity contribution >= 4 is 38.9 Å². The summed E-state index contributed by atoms with van der Waals surface area (Å²) in [5.41, 5.74) is 12.6. The van der Waals surface area contributed by atoms with E-state index in [1.54, 1.807) is 41.8 Å². The van der Waals surface area contributed by atoms with Crippen LogP contribution in [0.15, 0.2) is 18.2 Å². The maximum atomic E-state index is 12.3. The Bertz CT molecular complexity index is 646. The molecule has 1 atom stereocenters. The lowest BCUT2D eigenvalue weighted by Crippen LogP contribution is -2.48. The minimum absolute atomic E-state index is 0.0736. The Morgan fingerprint density at radius 1 is 1.48 bits per heavy atom. The minimum Gasteiger partial charge on any atom is -0.397 e. The van der Waals surface area contributed by atoms with E-state index in [9.17, 15) is 13.2 Å². The van der Waals surface area contributed by atoms with Gasteiger partial charge in [-0.2, -0.15) is 11.8 Å². The van der Waals surface area contributed by atoms with E-state index in [0.717, 1.165) is 5.75 Å². The topological polar surface area (TPSA) is 106 Å². The molecule has 116 valence electrons. The van der Waals surface area contributed by atoms with Gasteiger partial charge in [-0.3, -0.25) is 4.79 Å². The molecule has 2 rings (SSSR count). The van der Waals surface area contributed by atoms with Gasteiger partial charge in [-0.1, -0.05) is 6.92 Å². The van der Waals surface area contributed by atoms with Crippen LogP contribution >= 0.6 is 11.8 Å². The molecule has 0 bridgehead atoms. The Labute approximate surface area is 128 Å². The molecule has 1 unspecified atom stereocenters. The van der Waals surface area contributed by atoms with Gasteiger partial charge in [0.25, 0.3) is 0 Å².